The number of carbonyl (C=O) groups is 1. The predicted octanol–water partition coefficient (Wildman–Crippen LogP) is 3.19. The van der Waals surface area contributed by atoms with Crippen molar-refractivity contribution in [2.45, 2.75) is 46.5 Å². The second kappa shape index (κ2) is 6.41. The van der Waals surface area contributed by atoms with Gasteiger partial charge in [-0.15, -0.1) is 0 Å². The van der Waals surface area contributed by atoms with Crippen LogP contribution in [0.25, 0.3) is 0 Å². The first-order valence-electron chi connectivity index (χ1n) is 6.17. The number of Topliss-reactive ketones (excluding diaryl/α,β-unsaturated/α-hetero) is 1. The first-order valence-corrected chi connectivity index (χ1v) is 6.17. The minimum atomic E-state index is 0.202. The van der Waals surface area contributed by atoms with E-state index in [4.69, 9.17) is 0 Å². The van der Waals surface area contributed by atoms with Crippen molar-refractivity contribution in [1.29, 1.82) is 0 Å². The number of pyridine rings is 1. The molecule has 1 aromatic rings. The van der Waals surface area contributed by atoms with Gasteiger partial charge in [0.05, 0.1) is 0 Å². The van der Waals surface area contributed by atoms with Crippen molar-refractivity contribution >= 4 is 5.78 Å². The first kappa shape index (κ1) is 12.9. The van der Waals surface area contributed by atoms with Gasteiger partial charge in [-0.3, -0.25) is 9.78 Å². The van der Waals surface area contributed by atoms with Gasteiger partial charge in [0.15, 0.2) is 0 Å². The lowest BCUT2D eigenvalue weighted by Gasteiger charge is -2.10. The largest absolute Gasteiger partial charge is 0.299 e. The summed E-state index contributed by atoms with van der Waals surface area (Å²) >= 11 is 0. The third kappa shape index (κ3) is 3.44. The van der Waals surface area contributed by atoms with Crippen LogP contribution in [0, 0.1) is 5.92 Å². The number of nitrogens with zero attached hydrogens (tertiary/aromatic N) is 1. The third-order valence-electron chi connectivity index (χ3n) is 3.09. The highest BCUT2D eigenvalue weighted by Gasteiger charge is 2.14. The fourth-order valence-electron chi connectivity index (χ4n) is 1.84. The van der Waals surface area contributed by atoms with Crippen LogP contribution in [0.15, 0.2) is 18.3 Å². The van der Waals surface area contributed by atoms with E-state index in [1.54, 1.807) is 0 Å². The monoisotopic (exact) mass is 219 g/mol. The molecule has 0 saturated carbocycles. The minimum Gasteiger partial charge on any atom is -0.299 e. The molecule has 1 rings (SSSR count). The summed E-state index contributed by atoms with van der Waals surface area (Å²) in [6.07, 6.45) is 5.21. The molecule has 1 heterocycles. The van der Waals surface area contributed by atoms with Crippen LogP contribution in [-0.4, -0.2) is 10.8 Å². The summed E-state index contributed by atoms with van der Waals surface area (Å²) in [5.74, 6) is 0.523. The summed E-state index contributed by atoms with van der Waals surface area (Å²) in [7, 11) is 0. The fraction of sp³-hybridized carbons (Fsp3) is 0.571. The number of carbonyl (C=O) groups excluding carboxylic acids is 1. The quantitative estimate of drug-likeness (QED) is 0.735. The minimum absolute atomic E-state index is 0.202. The predicted molar refractivity (Wildman–Crippen MR) is 66.4 cm³/mol. The van der Waals surface area contributed by atoms with Gasteiger partial charge in [0.1, 0.15) is 5.78 Å². The van der Waals surface area contributed by atoms with E-state index in [1.807, 2.05) is 12.3 Å². The fourth-order valence-corrected chi connectivity index (χ4v) is 1.84. The zero-order valence-corrected chi connectivity index (χ0v) is 10.5. The zero-order chi connectivity index (χ0) is 12.0. The van der Waals surface area contributed by atoms with Gasteiger partial charge in [0.25, 0.3) is 0 Å². The Hall–Kier alpha value is -1.18. The number of aromatic nitrogens is 1. The average molecular weight is 219 g/mol. The summed E-state index contributed by atoms with van der Waals surface area (Å²) in [5, 5.41) is 0. The van der Waals surface area contributed by atoms with Crippen LogP contribution in [0.2, 0.25) is 0 Å². The molecular formula is C14H21NO. The normalized spacial score (nSPS) is 10.8. The Balaban J connectivity index is 2.62. The van der Waals surface area contributed by atoms with Crippen LogP contribution in [0.4, 0.5) is 0 Å². The maximum absolute atomic E-state index is 11.9. The highest BCUT2D eigenvalue weighted by molar-refractivity contribution is 5.82. The van der Waals surface area contributed by atoms with Gasteiger partial charge in [-0.05, 0) is 30.9 Å². The Bertz CT molecular complexity index is 325. The van der Waals surface area contributed by atoms with Crippen molar-refractivity contribution < 1.29 is 4.79 Å². The van der Waals surface area contributed by atoms with E-state index in [-0.39, 0.29) is 5.92 Å². The second-order valence-corrected chi connectivity index (χ2v) is 4.17. The lowest BCUT2D eigenvalue weighted by Crippen LogP contribution is -2.15. The van der Waals surface area contributed by atoms with E-state index in [0.29, 0.717) is 12.2 Å². The van der Waals surface area contributed by atoms with Gasteiger partial charge < -0.3 is 0 Å². The Labute approximate surface area is 98.1 Å². The molecule has 88 valence electrons. The molecule has 0 amide bonds. The summed E-state index contributed by atoms with van der Waals surface area (Å²) in [6, 6.07) is 4.03. The Morgan fingerprint density at radius 2 is 1.94 bits per heavy atom. The molecule has 0 unspecified atom stereocenters. The van der Waals surface area contributed by atoms with Crippen molar-refractivity contribution in [3.63, 3.8) is 0 Å². The molecule has 16 heavy (non-hydrogen) atoms. The molecule has 0 bridgehead atoms. The summed E-state index contributed by atoms with van der Waals surface area (Å²) in [6.45, 7) is 6.24. The highest BCUT2D eigenvalue weighted by Crippen LogP contribution is 2.12. The van der Waals surface area contributed by atoms with E-state index >= 15 is 0 Å². The maximum atomic E-state index is 11.9. The number of aryl methyl sites for hydroxylation is 1. The van der Waals surface area contributed by atoms with E-state index < -0.39 is 0 Å². The van der Waals surface area contributed by atoms with Crippen molar-refractivity contribution in [3.05, 3.63) is 29.6 Å². The maximum Gasteiger partial charge on any atom is 0.141 e. The Kier molecular flexibility index (Phi) is 5.17. The second-order valence-electron chi connectivity index (χ2n) is 4.17. The molecule has 0 N–H and O–H groups in total. The van der Waals surface area contributed by atoms with E-state index in [1.165, 1.54) is 5.56 Å². The van der Waals surface area contributed by atoms with E-state index in [2.05, 4.69) is 31.8 Å². The van der Waals surface area contributed by atoms with Crippen molar-refractivity contribution in [1.82, 2.24) is 4.98 Å². The summed E-state index contributed by atoms with van der Waals surface area (Å²) in [5.41, 5.74) is 2.12. The third-order valence-corrected chi connectivity index (χ3v) is 3.09. The van der Waals surface area contributed by atoms with Gasteiger partial charge in [-0.1, -0.05) is 26.8 Å². The number of hydrogen-bond acceptors (Lipinski definition) is 2. The first-order chi connectivity index (χ1) is 7.71. The van der Waals surface area contributed by atoms with Crippen molar-refractivity contribution in [2.75, 3.05) is 0 Å². The van der Waals surface area contributed by atoms with E-state index in [9.17, 15) is 4.79 Å². The lowest BCUT2D eigenvalue weighted by atomic mass is 9.95. The molecule has 0 aromatic carbocycles. The molecule has 0 saturated heterocycles. The van der Waals surface area contributed by atoms with Gasteiger partial charge in [0, 0.05) is 24.2 Å². The van der Waals surface area contributed by atoms with Crippen LogP contribution in [0.3, 0.4) is 0 Å². The van der Waals surface area contributed by atoms with Crippen LogP contribution < -0.4 is 0 Å². The van der Waals surface area contributed by atoms with Crippen molar-refractivity contribution in [2.24, 2.45) is 5.92 Å². The lowest BCUT2D eigenvalue weighted by molar-refractivity contribution is -0.122. The smallest absolute Gasteiger partial charge is 0.141 e. The van der Waals surface area contributed by atoms with E-state index in [0.717, 1.165) is 25.0 Å². The number of rotatable bonds is 6. The SMILES string of the molecule is CCc1ccc(CC(=O)C(CC)CC)nc1. The molecule has 0 atom stereocenters. The van der Waals surface area contributed by atoms with Gasteiger partial charge in [-0.2, -0.15) is 0 Å². The van der Waals surface area contributed by atoms with Crippen molar-refractivity contribution in [3.8, 4) is 0 Å². The average Bonchev–Trinajstić information content (AvgIpc) is 2.31. The molecule has 0 fully saturated rings. The topological polar surface area (TPSA) is 30.0 Å². The van der Waals surface area contributed by atoms with Crippen LogP contribution >= 0.6 is 0 Å². The summed E-state index contributed by atoms with van der Waals surface area (Å²) < 4.78 is 0. The molecular weight excluding hydrogens is 198 g/mol. The molecule has 2 heteroatoms. The number of hydrogen-bond donors (Lipinski definition) is 0. The van der Waals surface area contributed by atoms with Gasteiger partial charge in [0.2, 0.25) is 0 Å². The summed E-state index contributed by atoms with van der Waals surface area (Å²) in [4.78, 5) is 16.2. The highest BCUT2D eigenvalue weighted by atomic mass is 16.1. The molecule has 0 aliphatic rings. The molecule has 0 aliphatic carbocycles. The standard InChI is InChI=1S/C14H21NO/c1-4-11-7-8-13(15-10-11)9-14(16)12(5-2)6-3/h7-8,10,12H,4-6,9H2,1-3H3. The van der Waals surface area contributed by atoms with Crippen LogP contribution in [-0.2, 0) is 17.6 Å². The number of ketones is 1. The van der Waals surface area contributed by atoms with Crippen LogP contribution in [0.1, 0.15) is 44.9 Å². The molecule has 0 aliphatic heterocycles. The van der Waals surface area contributed by atoms with Gasteiger partial charge >= 0.3 is 0 Å². The molecule has 1 aromatic heterocycles. The Morgan fingerprint density at radius 3 is 2.38 bits per heavy atom. The van der Waals surface area contributed by atoms with Crippen LogP contribution in [0.5, 0.6) is 0 Å². The molecule has 2 nitrogen and oxygen atoms in total. The zero-order valence-electron chi connectivity index (χ0n) is 10.5. The molecule has 0 spiro atoms. The Morgan fingerprint density at radius 1 is 1.25 bits per heavy atom. The molecule has 0 radical (unpaired) electrons. The van der Waals surface area contributed by atoms with Gasteiger partial charge in [-0.25, -0.2) is 0 Å².